The second-order valence-corrected chi connectivity index (χ2v) is 7.92. The molecule has 0 atom stereocenters. The number of halogens is 1. The fourth-order valence-corrected chi connectivity index (χ4v) is 4.36. The molecule has 1 aliphatic carbocycles. The summed E-state index contributed by atoms with van der Waals surface area (Å²) >= 11 is 6.60. The van der Waals surface area contributed by atoms with E-state index in [1.54, 1.807) is 0 Å². The average molecular weight is 356 g/mol. The van der Waals surface area contributed by atoms with Gasteiger partial charge in [0.05, 0.1) is 0 Å². The van der Waals surface area contributed by atoms with Crippen molar-refractivity contribution in [3.63, 3.8) is 0 Å². The van der Waals surface area contributed by atoms with E-state index in [1.807, 2.05) is 0 Å². The lowest BCUT2D eigenvalue weighted by Gasteiger charge is -2.23. The molecular formula is C23H30ClN. The van der Waals surface area contributed by atoms with Crippen LogP contribution < -0.4 is 0 Å². The highest BCUT2D eigenvalue weighted by atomic mass is 35.5. The van der Waals surface area contributed by atoms with Crippen molar-refractivity contribution in [2.75, 3.05) is 13.6 Å². The average Bonchev–Trinajstić information content (AvgIpc) is 2.63. The highest BCUT2D eigenvalue weighted by molar-refractivity contribution is 6.31. The van der Waals surface area contributed by atoms with Crippen LogP contribution in [0, 0.1) is 0 Å². The van der Waals surface area contributed by atoms with Gasteiger partial charge in [-0.1, -0.05) is 73.3 Å². The van der Waals surface area contributed by atoms with E-state index in [-0.39, 0.29) is 0 Å². The zero-order valence-electron chi connectivity index (χ0n) is 15.4. The van der Waals surface area contributed by atoms with E-state index in [0.29, 0.717) is 5.92 Å². The number of rotatable bonds is 7. The van der Waals surface area contributed by atoms with Crippen molar-refractivity contribution >= 4 is 11.6 Å². The molecular weight excluding hydrogens is 326 g/mol. The van der Waals surface area contributed by atoms with Crippen molar-refractivity contribution < 1.29 is 0 Å². The van der Waals surface area contributed by atoms with Crippen LogP contribution in [0.2, 0.25) is 5.02 Å². The minimum atomic E-state index is 0.687. The van der Waals surface area contributed by atoms with Crippen LogP contribution >= 0.6 is 11.6 Å². The Hall–Kier alpha value is -1.31. The van der Waals surface area contributed by atoms with Crippen molar-refractivity contribution in [1.82, 2.24) is 4.90 Å². The molecule has 0 radical (unpaired) electrons. The summed E-state index contributed by atoms with van der Waals surface area (Å²) in [6, 6.07) is 17.5. The molecule has 0 bridgehead atoms. The topological polar surface area (TPSA) is 3.24 Å². The predicted molar refractivity (Wildman–Crippen MR) is 108 cm³/mol. The van der Waals surface area contributed by atoms with Gasteiger partial charge in [0, 0.05) is 11.6 Å². The van der Waals surface area contributed by atoms with Crippen molar-refractivity contribution in [2.45, 2.75) is 57.4 Å². The summed E-state index contributed by atoms with van der Waals surface area (Å²) in [5, 5.41) is 0.988. The molecule has 2 aromatic carbocycles. The standard InChI is InChI=1S/C23H30ClN/c1-25(18-20-9-4-2-5-10-20)16-8-11-19-14-15-22(23(24)17-19)21-12-6-3-7-13-21/h2,4-5,9-10,14-15,17,21H,3,6-8,11-13,16,18H2,1H3. The molecule has 0 saturated heterocycles. The van der Waals surface area contributed by atoms with Gasteiger partial charge in [-0.3, -0.25) is 0 Å². The van der Waals surface area contributed by atoms with Crippen molar-refractivity contribution in [3.05, 3.63) is 70.2 Å². The summed E-state index contributed by atoms with van der Waals surface area (Å²) in [4.78, 5) is 2.40. The summed E-state index contributed by atoms with van der Waals surface area (Å²) in [7, 11) is 2.20. The molecule has 2 aromatic rings. The van der Waals surface area contributed by atoms with Crippen molar-refractivity contribution in [1.29, 1.82) is 0 Å². The Balaban J connectivity index is 1.47. The molecule has 0 unspecified atom stereocenters. The Morgan fingerprint density at radius 3 is 2.44 bits per heavy atom. The second kappa shape index (κ2) is 9.40. The van der Waals surface area contributed by atoms with Gasteiger partial charge in [0.15, 0.2) is 0 Å². The van der Waals surface area contributed by atoms with E-state index in [4.69, 9.17) is 11.6 Å². The van der Waals surface area contributed by atoms with Crippen LogP contribution in [0.3, 0.4) is 0 Å². The molecule has 1 saturated carbocycles. The van der Waals surface area contributed by atoms with E-state index < -0.39 is 0 Å². The van der Waals surface area contributed by atoms with Crippen LogP contribution in [0.4, 0.5) is 0 Å². The maximum atomic E-state index is 6.60. The van der Waals surface area contributed by atoms with Gasteiger partial charge in [-0.2, -0.15) is 0 Å². The first-order valence-electron chi connectivity index (χ1n) is 9.73. The molecule has 0 spiro atoms. The Kier molecular flexibility index (Phi) is 6.95. The van der Waals surface area contributed by atoms with E-state index in [2.05, 4.69) is 60.5 Å². The summed E-state index contributed by atoms with van der Waals surface area (Å²) in [6.45, 7) is 2.12. The summed E-state index contributed by atoms with van der Waals surface area (Å²) in [5.41, 5.74) is 4.13. The molecule has 3 rings (SSSR count). The van der Waals surface area contributed by atoms with Gasteiger partial charge in [-0.15, -0.1) is 0 Å². The fourth-order valence-electron chi connectivity index (χ4n) is 4.00. The Bertz CT molecular complexity index is 646. The second-order valence-electron chi connectivity index (χ2n) is 7.52. The van der Waals surface area contributed by atoms with Crippen LogP contribution in [0.25, 0.3) is 0 Å². The Morgan fingerprint density at radius 2 is 1.72 bits per heavy atom. The van der Waals surface area contributed by atoms with Gasteiger partial charge in [0.25, 0.3) is 0 Å². The molecule has 1 nitrogen and oxygen atoms in total. The maximum absolute atomic E-state index is 6.60. The lowest BCUT2D eigenvalue weighted by Crippen LogP contribution is -2.19. The van der Waals surface area contributed by atoms with Crippen molar-refractivity contribution in [2.24, 2.45) is 0 Å². The Labute approximate surface area is 158 Å². The minimum absolute atomic E-state index is 0.687. The SMILES string of the molecule is CN(CCCc1ccc(C2CCCCC2)c(Cl)c1)Cc1ccccc1. The fraction of sp³-hybridized carbons (Fsp3) is 0.478. The quantitative estimate of drug-likeness (QED) is 0.551. The first-order valence-corrected chi connectivity index (χ1v) is 10.1. The number of hydrogen-bond acceptors (Lipinski definition) is 1. The molecule has 0 amide bonds. The number of aryl methyl sites for hydroxylation is 1. The molecule has 0 heterocycles. The molecule has 0 aliphatic heterocycles. The van der Waals surface area contributed by atoms with Gasteiger partial charge in [-0.05, 0) is 68.0 Å². The summed E-state index contributed by atoms with van der Waals surface area (Å²) < 4.78 is 0. The highest BCUT2D eigenvalue weighted by Gasteiger charge is 2.18. The van der Waals surface area contributed by atoms with Gasteiger partial charge < -0.3 is 4.90 Å². The number of benzene rings is 2. The zero-order valence-corrected chi connectivity index (χ0v) is 16.1. The third kappa shape index (κ3) is 5.59. The summed E-state index contributed by atoms with van der Waals surface area (Å²) in [5.74, 6) is 0.687. The first kappa shape index (κ1) is 18.5. The zero-order chi connectivity index (χ0) is 17.5. The molecule has 25 heavy (non-hydrogen) atoms. The van der Waals surface area contributed by atoms with Crippen LogP contribution in [-0.2, 0) is 13.0 Å². The third-order valence-corrected chi connectivity index (χ3v) is 5.74. The number of nitrogens with zero attached hydrogens (tertiary/aromatic N) is 1. The first-order chi connectivity index (χ1) is 12.2. The molecule has 1 fully saturated rings. The molecule has 134 valence electrons. The van der Waals surface area contributed by atoms with E-state index in [1.165, 1.54) is 55.2 Å². The third-order valence-electron chi connectivity index (χ3n) is 5.41. The van der Waals surface area contributed by atoms with E-state index in [0.717, 1.165) is 24.5 Å². The van der Waals surface area contributed by atoms with Crippen LogP contribution in [0.5, 0.6) is 0 Å². The largest absolute Gasteiger partial charge is 0.302 e. The van der Waals surface area contributed by atoms with Gasteiger partial charge in [-0.25, -0.2) is 0 Å². The lowest BCUT2D eigenvalue weighted by atomic mass is 9.84. The Morgan fingerprint density at radius 1 is 0.960 bits per heavy atom. The lowest BCUT2D eigenvalue weighted by molar-refractivity contribution is 0.322. The molecule has 0 aromatic heterocycles. The van der Waals surface area contributed by atoms with Gasteiger partial charge in [0.1, 0.15) is 0 Å². The molecule has 1 aliphatic rings. The number of hydrogen-bond donors (Lipinski definition) is 0. The van der Waals surface area contributed by atoms with Gasteiger partial charge in [0.2, 0.25) is 0 Å². The molecule has 0 N–H and O–H groups in total. The van der Waals surface area contributed by atoms with E-state index >= 15 is 0 Å². The normalized spacial score (nSPS) is 15.6. The minimum Gasteiger partial charge on any atom is -0.302 e. The maximum Gasteiger partial charge on any atom is 0.0443 e. The van der Waals surface area contributed by atoms with Crippen LogP contribution in [-0.4, -0.2) is 18.5 Å². The van der Waals surface area contributed by atoms with Crippen molar-refractivity contribution in [3.8, 4) is 0 Å². The smallest absolute Gasteiger partial charge is 0.0443 e. The van der Waals surface area contributed by atoms with Crippen LogP contribution in [0.1, 0.15) is 61.1 Å². The summed E-state index contributed by atoms with van der Waals surface area (Å²) in [6.07, 6.45) is 8.99. The van der Waals surface area contributed by atoms with E-state index in [9.17, 15) is 0 Å². The van der Waals surface area contributed by atoms with Gasteiger partial charge >= 0.3 is 0 Å². The highest BCUT2D eigenvalue weighted by Crippen LogP contribution is 2.36. The predicted octanol–water partition coefficient (Wildman–Crippen LogP) is 6.45. The van der Waals surface area contributed by atoms with Crippen LogP contribution in [0.15, 0.2) is 48.5 Å². The monoisotopic (exact) mass is 355 g/mol. The molecule has 2 heteroatoms.